The van der Waals surface area contributed by atoms with Gasteiger partial charge < -0.3 is 4.84 Å². The summed E-state index contributed by atoms with van der Waals surface area (Å²) in [6, 6.07) is 3.24. The van der Waals surface area contributed by atoms with E-state index in [0.29, 0.717) is 10.9 Å². The number of hydrogen-bond acceptors (Lipinski definition) is 3. The molecule has 0 spiro atoms. The standard InChI is InChI=1S/C5H5ClN2O/c6-4-1-2-5(9-7)8-3-4/h1-3H,7H2. The fraction of sp³-hybridized carbons (Fsp3) is 0. The van der Waals surface area contributed by atoms with Crippen molar-refractivity contribution in [2.45, 2.75) is 0 Å². The molecule has 0 saturated heterocycles. The SMILES string of the molecule is NOc1ccc(Cl)cn1. The molecule has 0 aromatic carbocycles. The third kappa shape index (κ3) is 1.55. The number of nitrogens with two attached hydrogens (primary N) is 1. The highest BCUT2D eigenvalue weighted by Crippen LogP contribution is 2.09. The zero-order valence-electron chi connectivity index (χ0n) is 4.54. The van der Waals surface area contributed by atoms with Crippen LogP contribution in [0.15, 0.2) is 18.3 Å². The first-order valence-corrected chi connectivity index (χ1v) is 2.69. The molecular weight excluding hydrogens is 140 g/mol. The van der Waals surface area contributed by atoms with Crippen molar-refractivity contribution in [2.75, 3.05) is 0 Å². The number of halogens is 1. The second kappa shape index (κ2) is 2.66. The maximum absolute atomic E-state index is 5.51. The predicted molar refractivity (Wildman–Crippen MR) is 34.1 cm³/mol. The highest BCUT2D eigenvalue weighted by Gasteiger charge is 1.89. The normalized spacial score (nSPS) is 9.11. The van der Waals surface area contributed by atoms with Gasteiger partial charge in [-0.05, 0) is 6.07 Å². The average molecular weight is 145 g/mol. The molecule has 1 rings (SSSR count). The lowest BCUT2D eigenvalue weighted by molar-refractivity contribution is 0.321. The molecule has 0 atom stereocenters. The van der Waals surface area contributed by atoms with Gasteiger partial charge >= 0.3 is 0 Å². The maximum atomic E-state index is 5.51. The van der Waals surface area contributed by atoms with Gasteiger partial charge in [0.05, 0.1) is 5.02 Å². The molecule has 4 heteroatoms. The van der Waals surface area contributed by atoms with Crippen molar-refractivity contribution in [3.05, 3.63) is 23.4 Å². The molecule has 3 nitrogen and oxygen atoms in total. The minimum Gasteiger partial charge on any atom is -0.391 e. The summed E-state index contributed by atoms with van der Waals surface area (Å²) < 4.78 is 0. The Labute approximate surface area is 57.4 Å². The summed E-state index contributed by atoms with van der Waals surface area (Å²) in [5, 5.41) is 0.566. The van der Waals surface area contributed by atoms with Crippen molar-refractivity contribution in [3.63, 3.8) is 0 Å². The van der Waals surface area contributed by atoms with E-state index in [1.807, 2.05) is 0 Å². The van der Waals surface area contributed by atoms with Crippen molar-refractivity contribution in [3.8, 4) is 5.88 Å². The first-order chi connectivity index (χ1) is 4.33. The topological polar surface area (TPSA) is 48.1 Å². The second-order valence-corrected chi connectivity index (χ2v) is 1.87. The van der Waals surface area contributed by atoms with Crippen LogP contribution in [0.5, 0.6) is 5.88 Å². The van der Waals surface area contributed by atoms with Gasteiger partial charge in [-0.3, -0.25) is 0 Å². The maximum Gasteiger partial charge on any atom is 0.237 e. The molecule has 1 aromatic rings. The fourth-order valence-electron chi connectivity index (χ4n) is 0.432. The molecule has 1 heterocycles. The van der Waals surface area contributed by atoms with E-state index in [2.05, 4.69) is 9.82 Å². The van der Waals surface area contributed by atoms with Crippen LogP contribution in [0.2, 0.25) is 5.02 Å². The number of nitrogens with zero attached hydrogens (tertiary/aromatic N) is 1. The van der Waals surface area contributed by atoms with Crippen LogP contribution in [0.4, 0.5) is 0 Å². The quantitative estimate of drug-likeness (QED) is 0.598. The Morgan fingerprint density at radius 1 is 1.56 bits per heavy atom. The molecule has 1 aromatic heterocycles. The summed E-state index contributed by atoms with van der Waals surface area (Å²) in [4.78, 5) is 8.02. The van der Waals surface area contributed by atoms with E-state index in [1.165, 1.54) is 6.20 Å². The van der Waals surface area contributed by atoms with Crippen LogP contribution >= 0.6 is 11.6 Å². The summed E-state index contributed by atoms with van der Waals surface area (Å²) in [5.74, 6) is 5.15. The Balaban J connectivity index is 2.88. The molecular formula is C5H5ClN2O. The lowest BCUT2D eigenvalue weighted by Gasteiger charge is -1.93. The van der Waals surface area contributed by atoms with E-state index in [9.17, 15) is 0 Å². The second-order valence-electron chi connectivity index (χ2n) is 1.43. The van der Waals surface area contributed by atoms with Crippen molar-refractivity contribution in [2.24, 2.45) is 5.90 Å². The molecule has 48 valence electrons. The van der Waals surface area contributed by atoms with Gasteiger partial charge in [0.25, 0.3) is 0 Å². The highest BCUT2D eigenvalue weighted by atomic mass is 35.5. The summed E-state index contributed by atoms with van der Waals surface area (Å²) in [6.45, 7) is 0. The zero-order valence-corrected chi connectivity index (χ0v) is 5.30. The molecule has 0 amide bonds. The molecule has 2 N–H and O–H groups in total. The van der Waals surface area contributed by atoms with Gasteiger partial charge in [0.1, 0.15) is 0 Å². The first-order valence-electron chi connectivity index (χ1n) is 2.31. The minimum absolute atomic E-state index is 0.361. The molecule has 0 saturated carbocycles. The van der Waals surface area contributed by atoms with Gasteiger partial charge in [-0.2, -0.15) is 5.90 Å². The molecule has 0 radical (unpaired) electrons. The van der Waals surface area contributed by atoms with Crippen molar-refractivity contribution >= 4 is 11.6 Å². The van der Waals surface area contributed by atoms with Gasteiger partial charge in [0.15, 0.2) is 0 Å². The lowest BCUT2D eigenvalue weighted by Crippen LogP contribution is -2.02. The van der Waals surface area contributed by atoms with Gasteiger partial charge in [0, 0.05) is 12.3 Å². The first kappa shape index (κ1) is 6.32. The largest absolute Gasteiger partial charge is 0.391 e. The Hall–Kier alpha value is -0.800. The molecule has 9 heavy (non-hydrogen) atoms. The van der Waals surface area contributed by atoms with E-state index in [1.54, 1.807) is 12.1 Å². The van der Waals surface area contributed by atoms with Crippen LogP contribution in [-0.2, 0) is 0 Å². The van der Waals surface area contributed by atoms with Crippen LogP contribution in [0, 0.1) is 0 Å². The molecule has 0 aliphatic carbocycles. The fourth-order valence-corrected chi connectivity index (χ4v) is 0.544. The number of hydrogen-bond donors (Lipinski definition) is 1. The molecule has 0 bridgehead atoms. The van der Waals surface area contributed by atoms with Crippen molar-refractivity contribution in [1.29, 1.82) is 0 Å². The monoisotopic (exact) mass is 144 g/mol. The summed E-state index contributed by atoms with van der Waals surface area (Å²) in [5.41, 5.74) is 0. The van der Waals surface area contributed by atoms with Crippen LogP contribution in [0.1, 0.15) is 0 Å². The van der Waals surface area contributed by atoms with E-state index in [0.717, 1.165) is 0 Å². The van der Waals surface area contributed by atoms with E-state index < -0.39 is 0 Å². The average Bonchev–Trinajstić information content (AvgIpc) is 1.90. The Bertz CT molecular complexity index is 187. The summed E-state index contributed by atoms with van der Waals surface area (Å²) in [6.07, 6.45) is 1.46. The summed E-state index contributed by atoms with van der Waals surface area (Å²) >= 11 is 5.51. The summed E-state index contributed by atoms with van der Waals surface area (Å²) in [7, 11) is 0. The number of aromatic nitrogens is 1. The zero-order chi connectivity index (χ0) is 6.69. The number of rotatable bonds is 1. The smallest absolute Gasteiger partial charge is 0.237 e. The van der Waals surface area contributed by atoms with Crippen molar-refractivity contribution < 1.29 is 4.84 Å². The molecule has 0 unspecified atom stereocenters. The van der Waals surface area contributed by atoms with Gasteiger partial charge in [-0.25, -0.2) is 4.98 Å². The van der Waals surface area contributed by atoms with E-state index in [-0.39, 0.29) is 0 Å². The van der Waals surface area contributed by atoms with Crippen LogP contribution in [0.25, 0.3) is 0 Å². The third-order valence-corrected chi connectivity index (χ3v) is 1.04. The Kier molecular flexibility index (Phi) is 1.87. The van der Waals surface area contributed by atoms with Crippen LogP contribution < -0.4 is 10.7 Å². The van der Waals surface area contributed by atoms with Gasteiger partial charge in [0.2, 0.25) is 5.88 Å². The highest BCUT2D eigenvalue weighted by molar-refractivity contribution is 6.30. The van der Waals surface area contributed by atoms with Crippen molar-refractivity contribution in [1.82, 2.24) is 4.98 Å². The molecule has 0 fully saturated rings. The van der Waals surface area contributed by atoms with E-state index in [4.69, 9.17) is 17.5 Å². The van der Waals surface area contributed by atoms with Gasteiger partial charge in [-0.15, -0.1) is 0 Å². The predicted octanol–water partition coefficient (Wildman–Crippen LogP) is 0.988. The van der Waals surface area contributed by atoms with Crippen LogP contribution in [-0.4, -0.2) is 4.98 Å². The van der Waals surface area contributed by atoms with E-state index >= 15 is 0 Å². The molecule has 0 aliphatic heterocycles. The minimum atomic E-state index is 0.361. The lowest BCUT2D eigenvalue weighted by atomic mass is 10.5. The molecule has 0 aliphatic rings. The third-order valence-electron chi connectivity index (χ3n) is 0.821. The Morgan fingerprint density at radius 2 is 2.33 bits per heavy atom. The van der Waals surface area contributed by atoms with Crippen LogP contribution in [0.3, 0.4) is 0 Å². The Morgan fingerprint density at radius 3 is 2.78 bits per heavy atom. The van der Waals surface area contributed by atoms with Gasteiger partial charge in [-0.1, -0.05) is 11.6 Å². The number of pyridine rings is 1.